The molecule has 1 aromatic carbocycles. The zero-order valence-electron chi connectivity index (χ0n) is 10.7. The molecule has 1 aromatic rings. The Hall–Kier alpha value is -1.47. The zero-order valence-corrected chi connectivity index (χ0v) is 11.5. The van der Waals surface area contributed by atoms with Crippen molar-refractivity contribution >= 4 is 16.6 Å². The SMILES string of the molecule is CS(=O)CCCNCc1ccc(/C(N)=N/O)cc1F. The number of hydrogen-bond donors (Lipinski definition) is 3. The van der Waals surface area contributed by atoms with E-state index in [2.05, 4.69) is 10.5 Å². The summed E-state index contributed by atoms with van der Waals surface area (Å²) in [6, 6.07) is 4.41. The van der Waals surface area contributed by atoms with Gasteiger partial charge < -0.3 is 16.3 Å². The molecule has 1 rings (SSSR count). The lowest BCUT2D eigenvalue weighted by molar-refractivity contribution is 0.318. The van der Waals surface area contributed by atoms with Crippen molar-refractivity contribution in [1.82, 2.24) is 5.32 Å². The van der Waals surface area contributed by atoms with Crippen LogP contribution in [0.2, 0.25) is 0 Å². The van der Waals surface area contributed by atoms with Gasteiger partial charge in [0, 0.05) is 40.5 Å². The summed E-state index contributed by atoms with van der Waals surface area (Å²) in [6.07, 6.45) is 2.44. The van der Waals surface area contributed by atoms with Crippen LogP contribution in [0.15, 0.2) is 23.4 Å². The minimum atomic E-state index is -0.792. The van der Waals surface area contributed by atoms with E-state index in [9.17, 15) is 8.60 Å². The molecular formula is C12H18FN3O2S. The van der Waals surface area contributed by atoms with E-state index >= 15 is 0 Å². The fraction of sp³-hybridized carbons (Fsp3) is 0.417. The van der Waals surface area contributed by atoms with Crippen LogP contribution in [0.3, 0.4) is 0 Å². The summed E-state index contributed by atoms with van der Waals surface area (Å²) < 4.78 is 24.5. The Balaban J connectivity index is 2.49. The predicted octanol–water partition coefficient (Wildman–Crippen LogP) is 0.778. The molecule has 1 unspecified atom stereocenters. The molecule has 106 valence electrons. The van der Waals surface area contributed by atoms with E-state index in [1.54, 1.807) is 18.4 Å². The number of oxime groups is 1. The van der Waals surface area contributed by atoms with Crippen LogP contribution >= 0.6 is 0 Å². The lowest BCUT2D eigenvalue weighted by atomic mass is 10.1. The number of benzene rings is 1. The Morgan fingerprint density at radius 2 is 2.32 bits per heavy atom. The van der Waals surface area contributed by atoms with E-state index in [4.69, 9.17) is 10.9 Å². The molecule has 0 radical (unpaired) electrons. The number of amidine groups is 1. The second-order valence-corrected chi connectivity index (χ2v) is 5.65. The van der Waals surface area contributed by atoms with Crippen LogP contribution in [0, 0.1) is 5.82 Å². The first-order valence-corrected chi connectivity index (χ1v) is 7.54. The van der Waals surface area contributed by atoms with Gasteiger partial charge in [0.15, 0.2) is 5.84 Å². The van der Waals surface area contributed by atoms with E-state index in [1.807, 2.05) is 0 Å². The monoisotopic (exact) mass is 287 g/mol. The van der Waals surface area contributed by atoms with E-state index in [1.165, 1.54) is 6.07 Å². The van der Waals surface area contributed by atoms with Gasteiger partial charge in [-0.3, -0.25) is 4.21 Å². The van der Waals surface area contributed by atoms with Gasteiger partial charge in [0.2, 0.25) is 0 Å². The summed E-state index contributed by atoms with van der Waals surface area (Å²) in [6.45, 7) is 1.07. The minimum absolute atomic E-state index is 0.121. The Bertz CT molecular complexity index is 480. The van der Waals surface area contributed by atoms with Crippen LogP contribution in [0.1, 0.15) is 17.5 Å². The smallest absolute Gasteiger partial charge is 0.170 e. The third kappa shape index (κ3) is 5.35. The maximum Gasteiger partial charge on any atom is 0.170 e. The number of hydrogen-bond acceptors (Lipinski definition) is 4. The van der Waals surface area contributed by atoms with Crippen molar-refractivity contribution in [3.63, 3.8) is 0 Å². The first kappa shape index (κ1) is 15.6. The van der Waals surface area contributed by atoms with Gasteiger partial charge in [0.25, 0.3) is 0 Å². The quantitative estimate of drug-likeness (QED) is 0.227. The molecule has 0 bridgehead atoms. The van der Waals surface area contributed by atoms with E-state index in [0.717, 1.165) is 6.42 Å². The standard InChI is InChI=1S/C12H18FN3O2S/c1-19(18)6-2-5-15-8-10-4-3-9(7-11(10)13)12(14)16-17/h3-4,7,15,17H,2,5-6,8H2,1H3,(H2,14,16). The van der Waals surface area contributed by atoms with E-state index < -0.39 is 16.6 Å². The highest BCUT2D eigenvalue weighted by Crippen LogP contribution is 2.10. The van der Waals surface area contributed by atoms with E-state index in [0.29, 0.717) is 30.0 Å². The maximum absolute atomic E-state index is 13.7. The van der Waals surface area contributed by atoms with Crippen LogP contribution in [-0.2, 0) is 17.3 Å². The molecule has 0 spiro atoms. The van der Waals surface area contributed by atoms with Crippen molar-refractivity contribution in [3.05, 3.63) is 35.1 Å². The number of nitrogens with zero attached hydrogens (tertiary/aromatic N) is 1. The summed E-state index contributed by atoms with van der Waals surface area (Å²) in [7, 11) is -0.792. The molecule has 0 aromatic heterocycles. The Morgan fingerprint density at radius 3 is 2.89 bits per heavy atom. The van der Waals surface area contributed by atoms with Gasteiger partial charge in [-0.15, -0.1) is 0 Å². The Morgan fingerprint density at radius 1 is 1.58 bits per heavy atom. The molecule has 0 amide bonds. The van der Waals surface area contributed by atoms with Gasteiger partial charge >= 0.3 is 0 Å². The zero-order chi connectivity index (χ0) is 14.3. The molecule has 19 heavy (non-hydrogen) atoms. The molecule has 0 aliphatic heterocycles. The normalized spacial score (nSPS) is 13.5. The van der Waals surface area contributed by atoms with Gasteiger partial charge in [0.05, 0.1) is 0 Å². The predicted molar refractivity (Wildman–Crippen MR) is 74.2 cm³/mol. The molecule has 0 aliphatic rings. The molecular weight excluding hydrogens is 269 g/mol. The minimum Gasteiger partial charge on any atom is -0.409 e. The van der Waals surface area contributed by atoms with Crippen molar-refractivity contribution in [3.8, 4) is 0 Å². The Kier molecular flexibility index (Phi) is 6.44. The fourth-order valence-corrected chi connectivity index (χ4v) is 2.08. The molecule has 1 atom stereocenters. The maximum atomic E-state index is 13.7. The number of halogens is 1. The second kappa shape index (κ2) is 7.85. The van der Waals surface area contributed by atoms with Gasteiger partial charge in [-0.25, -0.2) is 4.39 Å². The summed E-state index contributed by atoms with van der Waals surface area (Å²) >= 11 is 0. The van der Waals surface area contributed by atoms with Crippen LogP contribution in [0.4, 0.5) is 4.39 Å². The van der Waals surface area contributed by atoms with Gasteiger partial charge in [-0.05, 0) is 19.0 Å². The van der Waals surface area contributed by atoms with Gasteiger partial charge in [-0.1, -0.05) is 17.3 Å². The molecule has 0 aliphatic carbocycles. The summed E-state index contributed by atoms with van der Waals surface area (Å²) in [5, 5.41) is 14.4. The van der Waals surface area contributed by atoms with Gasteiger partial charge in [-0.2, -0.15) is 0 Å². The lowest BCUT2D eigenvalue weighted by Crippen LogP contribution is -2.18. The molecule has 7 heteroatoms. The van der Waals surface area contributed by atoms with Crippen LogP contribution < -0.4 is 11.1 Å². The highest BCUT2D eigenvalue weighted by Gasteiger charge is 2.06. The highest BCUT2D eigenvalue weighted by atomic mass is 32.2. The fourth-order valence-electron chi connectivity index (χ4n) is 1.53. The molecule has 4 N–H and O–H groups in total. The third-order valence-corrected chi connectivity index (χ3v) is 3.42. The van der Waals surface area contributed by atoms with Gasteiger partial charge in [0.1, 0.15) is 5.82 Å². The number of nitrogens with two attached hydrogens (primary N) is 1. The summed E-state index contributed by atoms with van der Waals surface area (Å²) in [4.78, 5) is 0. The summed E-state index contributed by atoms with van der Waals surface area (Å²) in [5.74, 6) is 0.109. The largest absolute Gasteiger partial charge is 0.409 e. The molecule has 0 saturated heterocycles. The first-order chi connectivity index (χ1) is 9.04. The van der Waals surface area contributed by atoms with Crippen molar-refractivity contribution in [1.29, 1.82) is 0 Å². The average Bonchev–Trinajstić information content (AvgIpc) is 2.38. The molecule has 0 saturated carbocycles. The van der Waals surface area contributed by atoms with Crippen molar-refractivity contribution in [2.45, 2.75) is 13.0 Å². The van der Waals surface area contributed by atoms with Crippen molar-refractivity contribution in [2.75, 3.05) is 18.6 Å². The third-order valence-electron chi connectivity index (χ3n) is 2.56. The number of rotatable bonds is 7. The molecule has 5 nitrogen and oxygen atoms in total. The van der Waals surface area contributed by atoms with Crippen LogP contribution in [-0.4, -0.2) is 33.8 Å². The molecule has 0 fully saturated rings. The number of nitrogens with one attached hydrogen (secondary N) is 1. The van der Waals surface area contributed by atoms with Crippen LogP contribution in [0.5, 0.6) is 0 Å². The second-order valence-electron chi connectivity index (χ2n) is 4.10. The van der Waals surface area contributed by atoms with Crippen molar-refractivity contribution < 1.29 is 13.8 Å². The molecule has 0 heterocycles. The summed E-state index contributed by atoms with van der Waals surface area (Å²) in [5.41, 5.74) is 6.21. The Labute approximate surface area is 114 Å². The first-order valence-electron chi connectivity index (χ1n) is 5.81. The van der Waals surface area contributed by atoms with E-state index in [-0.39, 0.29) is 5.84 Å². The lowest BCUT2D eigenvalue weighted by Gasteiger charge is -2.07. The van der Waals surface area contributed by atoms with Crippen molar-refractivity contribution in [2.24, 2.45) is 10.9 Å². The topological polar surface area (TPSA) is 87.7 Å². The van der Waals surface area contributed by atoms with Crippen LogP contribution in [0.25, 0.3) is 0 Å². The highest BCUT2D eigenvalue weighted by molar-refractivity contribution is 7.84. The average molecular weight is 287 g/mol.